The van der Waals surface area contributed by atoms with Gasteiger partial charge in [-0.05, 0) is 48.4 Å². The zero-order valence-electron chi connectivity index (χ0n) is 19.2. The molecule has 0 fully saturated rings. The van der Waals surface area contributed by atoms with Gasteiger partial charge in [0.25, 0.3) is 0 Å². The van der Waals surface area contributed by atoms with Gasteiger partial charge < -0.3 is 9.84 Å². The largest absolute Gasteiger partial charge is 0.496 e. The molecule has 0 saturated carbocycles. The molecule has 1 aromatic heterocycles. The van der Waals surface area contributed by atoms with E-state index in [1.807, 2.05) is 53.1 Å². The van der Waals surface area contributed by atoms with Crippen LogP contribution in [0.1, 0.15) is 23.4 Å². The average molecular weight is 513 g/mol. The normalized spacial score (nSPS) is 12.0. The molecule has 1 heterocycles. The molecule has 35 heavy (non-hydrogen) atoms. The Morgan fingerprint density at radius 1 is 1.09 bits per heavy atom. The van der Waals surface area contributed by atoms with E-state index in [-0.39, 0.29) is 5.82 Å². The maximum absolute atomic E-state index is 13.2. The smallest absolute Gasteiger partial charge is 0.196 e. The highest BCUT2D eigenvalue weighted by Gasteiger charge is 2.17. The van der Waals surface area contributed by atoms with Crippen LogP contribution in [-0.2, 0) is 18.7 Å². The molecule has 1 atom stereocenters. The number of aliphatic hydroxyl groups is 1. The highest BCUT2D eigenvalue weighted by molar-refractivity contribution is 7.98. The number of aromatic nitrogens is 3. The van der Waals surface area contributed by atoms with Crippen LogP contribution >= 0.6 is 23.4 Å². The minimum absolute atomic E-state index is 0.263. The minimum atomic E-state index is -0.736. The van der Waals surface area contributed by atoms with Gasteiger partial charge in [0, 0.05) is 29.3 Å². The Labute approximate surface area is 213 Å². The second-order valence-corrected chi connectivity index (χ2v) is 9.26. The van der Waals surface area contributed by atoms with Crippen molar-refractivity contribution in [3.8, 4) is 11.4 Å². The van der Waals surface area contributed by atoms with Crippen molar-refractivity contribution in [1.29, 1.82) is 0 Å². The van der Waals surface area contributed by atoms with Crippen molar-refractivity contribution < 1.29 is 14.2 Å². The number of methoxy groups -OCH3 is 1. The van der Waals surface area contributed by atoms with Gasteiger partial charge in [0.15, 0.2) is 5.16 Å². The van der Waals surface area contributed by atoms with Crippen LogP contribution in [0.5, 0.6) is 5.75 Å². The highest BCUT2D eigenvalue weighted by atomic mass is 35.5. The number of benzene rings is 3. The molecule has 0 spiro atoms. The first-order chi connectivity index (χ1) is 17.0. The lowest BCUT2D eigenvalue weighted by molar-refractivity contribution is 0.125. The van der Waals surface area contributed by atoms with Gasteiger partial charge in [-0.2, -0.15) is 0 Å². The fraction of sp³-hybridized carbons (Fsp3) is 0.231. The maximum atomic E-state index is 13.2. The molecule has 0 radical (unpaired) electrons. The first-order valence-corrected chi connectivity index (χ1v) is 12.5. The van der Waals surface area contributed by atoms with Crippen LogP contribution in [0.25, 0.3) is 5.69 Å². The van der Waals surface area contributed by atoms with Crippen LogP contribution < -0.4 is 10.1 Å². The number of nitrogens with zero attached hydrogens (tertiary/aromatic N) is 3. The van der Waals surface area contributed by atoms with E-state index in [0.717, 1.165) is 22.6 Å². The lowest BCUT2D eigenvalue weighted by atomic mass is 10.2. The Kier molecular flexibility index (Phi) is 8.76. The van der Waals surface area contributed by atoms with E-state index in [1.54, 1.807) is 19.2 Å². The Hall–Kier alpha value is -2.91. The highest BCUT2D eigenvalue weighted by Crippen LogP contribution is 2.27. The number of hydrogen-bond donors (Lipinski definition) is 2. The van der Waals surface area contributed by atoms with Crippen molar-refractivity contribution in [2.24, 2.45) is 0 Å². The van der Waals surface area contributed by atoms with Crippen molar-refractivity contribution >= 4 is 23.4 Å². The first kappa shape index (κ1) is 25.2. The summed E-state index contributed by atoms with van der Waals surface area (Å²) in [6.45, 7) is 0.477. The standard InChI is InChI=1S/C26H26ClFN4O2S/c1-34-23-8-3-2-5-19(23)16-29-25(33)14-13-24-30-31-26(32(24)22-7-4-6-20(27)15-22)35-17-18-9-11-21(28)12-10-18/h2-12,15,25,29,33H,13-14,16-17H2,1H3. The zero-order chi connectivity index (χ0) is 24.6. The van der Waals surface area contributed by atoms with E-state index in [2.05, 4.69) is 15.5 Å². The van der Waals surface area contributed by atoms with Gasteiger partial charge in [0.2, 0.25) is 0 Å². The van der Waals surface area contributed by atoms with Crippen molar-refractivity contribution in [2.45, 2.75) is 36.5 Å². The van der Waals surface area contributed by atoms with E-state index in [4.69, 9.17) is 16.3 Å². The number of ether oxygens (including phenoxy) is 1. The summed E-state index contributed by atoms with van der Waals surface area (Å²) in [7, 11) is 1.63. The molecule has 0 saturated heterocycles. The molecule has 1 unspecified atom stereocenters. The fourth-order valence-electron chi connectivity index (χ4n) is 3.60. The van der Waals surface area contributed by atoms with Gasteiger partial charge >= 0.3 is 0 Å². The third-order valence-corrected chi connectivity index (χ3v) is 6.65. The predicted molar refractivity (Wildman–Crippen MR) is 136 cm³/mol. The maximum Gasteiger partial charge on any atom is 0.196 e. The quantitative estimate of drug-likeness (QED) is 0.207. The van der Waals surface area contributed by atoms with Crippen molar-refractivity contribution in [1.82, 2.24) is 20.1 Å². The van der Waals surface area contributed by atoms with Crippen LogP contribution in [0, 0.1) is 5.82 Å². The number of aryl methyl sites for hydroxylation is 1. The first-order valence-electron chi connectivity index (χ1n) is 11.1. The van der Waals surface area contributed by atoms with Crippen LogP contribution in [0.2, 0.25) is 5.02 Å². The molecule has 4 aromatic rings. The summed E-state index contributed by atoms with van der Waals surface area (Å²) in [5, 5.41) is 23.8. The van der Waals surface area contributed by atoms with E-state index < -0.39 is 6.23 Å². The lowest BCUT2D eigenvalue weighted by Gasteiger charge is -2.15. The van der Waals surface area contributed by atoms with Crippen molar-refractivity contribution in [3.05, 3.63) is 101 Å². The minimum Gasteiger partial charge on any atom is -0.496 e. The summed E-state index contributed by atoms with van der Waals surface area (Å²) in [5.74, 6) is 1.84. The third-order valence-electron chi connectivity index (χ3n) is 5.41. The molecule has 0 aliphatic carbocycles. The molecule has 0 amide bonds. The van der Waals surface area contributed by atoms with Gasteiger partial charge in [0.05, 0.1) is 12.8 Å². The molecule has 4 rings (SSSR count). The monoisotopic (exact) mass is 512 g/mol. The summed E-state index contributed by atoms with van der Waals surface area (Å²) in [5.41, 5.74) is 2.79. The summed E-state index contributed by atoms with van der Waals surface area (Å²) < 4.78 is 20.6. The number of rotatable bonds is 11. The molecule has 9 heteroatoms. The van der Waals surface area contributed by atoms with Gasteiger partial charge in [-0.3, -0.25) is 9.88 Å². The molecule has 2 N–H and O–H groups in total. The second kappa shape index (κ2) is 12.2. The Morgan fingerprint density at radius 2 is 1.89 bits per heavy atom. The molecular formula is C26H26ClFN4O2S. The van der Waals surface area contributed by atoms with Crippen LogP contribution in [0.3, 0.4) is 0 Å². The molecule has 0 bridgehead atoms. The number of hydrogen-bond acceptors (Lipinski definition) is 6. The van der Waals surface area contributed by atoms with Crippen LogP contribution in [-0.4, -0.2) is 33.2 Å². The number of thioether (sulfide) groups is 1. The number of para-hydroxylation sites is 1. The molecule has 6 nitrogen and oxygen atoms in total. The molecule has 0 aliphatic rings. The molecular weight excluding hydrogens is 487 g/mol. The summed E-state index contributed by atoms with van der Waals surface area (Å²) in [6.07, 6.45) is 0.201. The van der Waals surface area contributed by atoms with E-state index in [1.165, 1.54) is 23.9 Å². The van der Waals surface area contributed by atoms with Gasteiger partial charge in [-0.25, -0.2) is 4.39 Å². The zero-order valence-corrected chi connectivity index (χ0v) is 20.8. The predicted octanol–water partition coefficient (Wildman–Crippen LogP) is 5.40. The molecule has 182 valence electrons. The Bertz CT molecular complexity index is 1250. The SMILES string of the molecule is COc1ccccc1CNC(O)CCc1nnc(SCc2ccc(F)cc2)n1-c1cccc(Cl)c1. The number of aliphatic hydroxyl groups excluding tert-OH is 1. The van der Waals surface area contributed by atoms with Gasteiger partial charge in [0.1, 0.15) is 23.6 Å². The molecule has 0 aliphatic heterocycles. The van der Waals surface area contributed by atoms with E-state index in [9.17, 15) is 9.50 Å². The van der Waals surface area contributed by atoms with E-state index in [0.29, 0.717) is 41.1 Å². The fourth-order valence-corrected chi connectivity index (χ4v) is 4.71. The van der Waals surface area contributed by atoms with Crippen molar-refractivity contribution in [3.63, 3.8) is 0 Å². The summed E-state index contributed by atoms with van der Waals surface area (Å²) in [6, 6.07) is 21.6. The number of halogens is 2. The molecule has 3 aromatic carbocycles. The average Bonchev–Trinajstić information content (AvgIpc) is 3.29. The Morgan fingerprint density at radius 3 is 2.66 bits per heavy atom. The third kappa shape index (κ3) is 6.82. The van der Waals surface area contributed by atoms with Crippen LogP contribution in [0.15, 0.2) is 78.0 Å². The van der Waals surface area contributed by atoms with E-state index >= 15 is 0 Å². The second-order valence-electron chi connectivity index (χ2n) is 7.88. The van der Waals surface area contributed by atoms with Gasteiger partial charge in [-0.15, -0.1) is 10.2 Å². The number of nitrogens with one attached hydrogen (secondary N) is 1. The topological polar surface area (TPSA) is 72.2 Å². The summed E-state index contributed by atoms with van der Waals surface area (Å²) in [4.78, 5) is 0. The van der Waals surface area contributed by atoms with Gasteiger partial charge in [-0.1, -0.05) is 59.8 Å². The summed E-state index contributed by atoms with van der Waals surface area (Å²) >= 11 is 7.75. The Balaban J connectivity index is 1.46. The van der Waals surface area contributed by atoms with Crippen molar-refractivity contribution in [2.75, 3.05) is 7.11 Å². The lowest BCUT2D eigenvalue weighted by Crippen LogP contribution is -2.29. The van der Waals surface area contributed by atoms with Crippen LogP contribution in [0.4, 0.5) is 4.39 Å².